The number of hydrogen-bond donors (Lipinski definition) is 2. The van der Waals surface area contributed by atoms with Gasteiger partial charge in [-0.25, -0.2) is 0 Å². The number of anilines is 1. The number of β-amino-alcohol motifs (C(OH)–C–C–N with tert-alkyl or cyclic N) is 1. The summed E-state index contributed by atoms with van der Waals surface area (Å²) in [6.07, 6.45) is 0.756. The van der Waals surface area contributed by atoms with E-state index in [9.17, 15) is 14.9 Å². The minimum Gasteiger partial charge on any atom is -0.389 e. The molecule has 0 bridgehead atoms. The molecular formula is C13H17N3O4. The fourth-order valence-corrected chi connectivity index (χ4v) is 1.99. The van der Waals surface area contributed by atoms with Crippen molar-refractivity contribution in [1.82, 2.24) is 4.90 Å². The van der Waals surface area contributed by atoms with Crippen LogP contribution in [-0.4, -0.2) is 46.6 Å². The van der Waals surface area contributed by atoms with Gasteiger partial charge in [-0.2, -0.15) is 0 Å². The van der Waals surface area contributed by atoms with Crippen molar-refractivity contribution in [1.29, 1.82) is 0 Å². The lowest BCUT2D eigenvalue weighted by Crippen LogP contribution is -2.53. The molecule has 1 aliphatic rings. The van der Waals surface area contributed by atoms with Crippen LogP contribution in [0, 0.1) is 10.1 Å². The van der Waals surface area contributed by atoms with Crippen molar-refractivity contribution >= 4 is 17.3 Å². The van der Waals surface area contributed by atoms with E-state index < -0.39 is 4.92 Å². The fraction of sp³-hybridized carbons (Fsp3) is 0.462. The Morgan fingerprint density at radius 1 is 1.40 bits per heavy atom. The third kappa shape index (κ3) is 3.67. The largest absolute Gasteiger partial charge is 0.389 e. The van der Waals surface area contributed by atoms with Crippen LogP contribution in [0.3, 0.4) is 0 Å². The van der Waals surface area contributed by atoms with Crippen molar-refractivity contribution in [2.75, 3.05) is 25.0 Å². The van der Waals surface area contributed by atoms with E-state index in [0.717, 1.165) is 5.69 Å². The summed E-state index contributed by atoms with van der Waals surface area (Å²) < 4.78 is 0. The second kappa shape index (κ2) is 6.33. The van der Waals surface area contributed by atoms with Crippen LogP contribution < -0.4 is 5.32 Å². The standard InChI is InChI=1S/C13H17N3O4/c17-12-8-15(9-12)13(18)2-1-7-14-10-3-5-11(6-4-10)16(19)20/h3-6,12,14,17H,1-2,7-9H2. The number of carbonyl (C=O) groups is 1. The second-order valence-electron chi connectivity index (χ2n) is 4.79. The molecule has 2 N–H and O–H groups in total. The van der Waals surface area contributed by atoms with Gasteiger partial charge in [-0.15, -0.1) is 0 Å². The molecule has 1 aromatic rings. The zero-order valence-corrected chi connectivity index (χ0v) is 11.0. The Balaban J connectivity index is 1.65. The molecule has 1 aliphatic heterocycles. The highest BCUT2D eigenvalue weighted by atomic mass is 16.6. The number of hydrogen-bond acceptors (Lipinski definition) is 5. The van der Waals surface area contributed by atoms with Crippen molar-refractivity contribution in [2.24, 2.45) is 0 Å². The van der Waals surface area contributed by atoms with Crippen molar-refractivity contribution in [2.45, 2.75) is 18.9 Å². The van der Waals surface area contributed by atoms with Gasteiger partial charge in [0, 0.05) is 43.9 Å². The molecule has 0 radical (unpaired) electrons. The van der Waals surface area contributed by atoms with E-state index >= 15 is 0 Å². The van der Waals surface area contributed by atoms with Gasteiger partial charge in [0.25, 0.3) is 5.69 Å². The van der Waals surface area contributed by atoms with Crippen molar-refractivity contribution in [3.05, 3.63) is 34.4 Å². The van der Waals surface area contributed by atoms with Crippen LogP contribution >= 0.6 is 0 Å². The van der Waals surface area contributed by atoms with E-state index in [4.69, 9.17) is 5.11 Å². The number of non-ortho nitro benzene ring substituents is 1. The molecule has 0 aromatic heterocycles. The number of rotatable bonds is 6. The van der Waals surface area contributed by atoms with E-state index in [1.165, 1.54) is 12.1 Å². The molecule has 1 fully saturated rings. The third-order valence-corrected chi connectivity index (χ3v) is 3.19. The maximum Gasteiger partial charge on any atom is 0.269 e. The van der Waals surface area contributed by atoms with Gasteiger partial charge in [-0.3, -0.25) is 14.9 Å². The quantitative estimate of drug-likeness (QED) is 0.460. The predicted molar refractivity (Wildman–Crippen MR) is 73.4 cm³/mol. The smallest absolute Gasteiger partial charge is 0.269 e. The summed E-state index contributed by atoms with van der Waals surface area (Å²) >= 11 is 0. The van der Waals surface area contributed by atoms with Crippen molar-refractivity contribution in [3.8, 4) is 0 Å². The molecule has 1 amide bonds. The molecular weight excluding hydrogens is 262 g/mol. The molecule has 1 heterocycles. The van der Waals surface area contributed by atoms with Crippen molar-refractivity contribution in [3.63, 3.8) is 0 Å². The van der Waals surface area contributed by atoms with E-state index in [0.29, 0.717) is 32.5 Å². The molecule has 1 aromatic carbocycles. The molecule has 0 spiro atoms. The molecule has 7 heteroatoms. The third-order valence-electron chi connectivity index (χ3n) is 3.19. The highest BCUT2D eigenvalue weighted by Gasteiger charge is 2.27. The van der Waals surface area contributed by atoms with Gasteiger partial charge in [-0.05, 0) is 18.6 Å². The number of likely N-dealkylation sites (tertiary alicyclic amines) is 1. The summed E-state index contributed by atoms with van der Waals surface area (Å²) in [5.74, 6) is 0.0563. The minimum absolute atomic E-state index is 0.0563. The van der Waals surface area contributed by atoms with Crippen LogP contribution in [0.25, 0.3) is 0 Å². The Hall–Kier alpha value is -2.15. The Morgan fingerprint density at radius 3 is 2.60 bits per heavy atom. The maximum absolute atomic E-state index is 11.6. The predicted octanol–water partition coefficient (Wildman–Crippen LogP) is 0.990. The molecule has 2 rings (SSSR count). The number of carbonyl (C=O) groups excluding carboxylic acids is 1. The van der Waals surface area contributed by atoms with Crippen LogP contribution in [0.2, 0.25) is 0 Å². The van der Waals surface area contributed by atoms with Crippen molar-refractivity contribution < 1.29 is 14.8 Å². The van der Waals surface area contributed by atoms with E-state index in [-0.39, 0.29) is 17.7 Å². The number of aliphatic hydroxyl groups excluding tert-OH is 1. The molecule has 0 aliphatic carbocycles. The summed E-state index contributed by atoms with van der Waals surface area (Å²) in [5.41, 5.74) is 0.851. The Kier molecular flexibility index (Phi) is 4.52. The lowest BCUT2D eigenvalue weighted by Gasteiger charge is -2.35. The molecule has 0 unspecified atom stereocenters. The fourth-order valence-electron chi connectivity index (χ4n) is 1.99. The first-order chi connectivity index (χ1) is 9.56. The molecule has 0 atom stereocenters. The van der Waals surface area contributed by atoms with Gasteiger partial charge in [0.15, 0.2) is 0 Å². The molecule has 7 nitrogen and oxygen atoms in total. The van der Waals surface area contributed by atoms with Crippen LogP contribution in [0.4, 0.5) is 11.4 Å². The maximum atomic E-state index is 11.6. The number of nitrogens with zero attached hydrogens (tertiary/aromatic N) is 2. The van der Waals surface area contributed by atoms with Gasteiger partial charge in [0.1, 0.15) is 0 Å². The van der Waals surface area contributed by atoms with Gasteiger partial charge in [0.2, 0.25) is 5.91 Å². The van der Waals surface area contributed by atoms with E-state index in [1.807, 2.05) is 0 Å². The summed E-state index contributed by atoms with van der Waals surface area (Å²) in [4.78, 5) is 23.3. The highest BCUT2D eigenvalue weighted by molar-refractivity contribution is 5.77. The van der Waals surface area contributed by atoms with Crippen LogP contribution in [0.1, 0.15) is 12.8 Å². The Bertz CT molecular complexity index is 483. The van der Waals surface area contributed by atoms with Gasteiger partial charge < -0.3 is 15.3 Å². The Morgan fingerprint density at radius 2 is 2.05 bits per heavy atom. The SMILES string of the molecule is O=C(CCCNc1ccc([N+](=O)[O-])cc1)N1CC(O)C1. The number of nitro groups is 1. The van der Waals surface area contributed by atoms with Gasteiger partial charge in [0.05, 0.1) is 11.0 Å². The summed E-state index contributed by atoms with van der Waals surface area (Å²) in [5, 5.41) is 22.7. The lowest BCUT2D eigenvalue weighted by atomic mass is 10.1. The number of aliphatic hydroxyl groups is 1. The van der Waals surface area contributed by atoms with E-state index in [2.05, 4.69) is 5.32 Å². The normalized spacial score (nSPS) is 14.8. The summed E-state index contributed by atoms with van der Waals surface area (Å²) in [7, 11) is 0. The first-order valence-corrected chi connectivity index (χ1v) is 6.50. The topological polar surface area (TPSA) is 95.7 Å². The number of amides is 1. The zero-order chi connectivity index (χ0) is 14.5. The first kappa shape index (κ1) is 14.3. The molecule has 108 valence electrons. The van der Waals surface area contributed by atoms with E-state index in [1.54, 1.807) is 17.0 Å². The summed E-state index contributed by atoms with van der Waals surface area (Å²) in [6.45, 7) is 1.50. The molecule has 20 heavy (non-hydrogen) atoms. The Labute approximate surface area is 116 Å². The minimum atomic E-state index is -0.441. The van der Waals surface area contributed by atoms with Crippen LogP contribution in [0.15, 0.2) is 24.3 Å². The van der Waals surface area contributed by atoms with Gasteiger partial charge >= 0.3 is 0 Å². The molecule has 1 saturated heterocycles. The van der Waals surface area contributed by atoms with Gasteiger partial charge in [-0.1, -0.05) is 0 Å². The highest BCUT2D eigenvalue weighted by Crippen LogP contribution is 2.15. The average molecular weight is 279 g/mol. The van der Waals surface area contributed by atoms with Crippen LogP contribution in [0.5, 0.6) is 0 Å². The number of nitrogens with one attached hydrogen (secondary N) is 1. The first-order valence-electron chi connectivity index (χ1n) is 6.50. The summed E-state index contributed by atoms with van der Waals surface area (Å²) in [6, 6.07) is 6.17. The zero-order valence-electron chi connectivity index (χ0n) is 11.0. The van der Waals surface area contributed by atoms with Crippen LogP contribution in [-0.2, 0) is 4.79 Å². The molecule has 0 saturated carbocycles. The average Bonchev–Trinajstić information content (AvgIpc) is 2.40. The number of nitro benzene ring substituents is 1. The lowest BCUT2D eigenvalue weighted by molar-refractivity contribution is -0.384. The monoisotopic (exact) mass is 279 g/mol. The number of benzene rings is 1. The second-order valence-corrected chi connectivity index (χ2v) is 4.79.